The molecule has 0 aliphatic heterocycles. The van der Waals surface area contributed by atoms with Crippen LogP contribution in [0.2, 0.25) is 0 Å². The first-order valence-electron chi connectivity index (χ1n) is 7.22. The number of rotatable bonds is 4. The molecule has 1 aliphatic carbocycles. The van der Waals surface area contributed by atoms with Gasteiger partial charge in [0, 0.05) is 10.9 Å². The van der Waals surface area contributed by atoms with E-state index in [0.717, 1.165) is 24.6 Å². The predicted molar refractivity (Wildman–Crippen MR) is 84.6 cm³/mol. The fourth-order valence-corrected chi connectivity index (χ4v) is 3.69. The molecule has 21 heavy (non-hydrogen) atoms. The van der Waals surface area contributed by atoms with Gasteiger partial charge in [-0.2, -0.15) is 0 Å². The topological polar surface area (TPSA) is 38.3 Å². The van der Waals surface area contributed by atoms with Crippen LogP contribution in [0.4, 0.5) is 4.39 Å². The fraction of sp³-hybridized carbons (Fsp3) is 0.562. The number of halogens is 2. The van der Waals surface area contributed by atoms with E-state index in [4.69, 9.17) is 4.74 Å². The van der Waals surface area contributed by atoms with Gasteiger partial charge in [0.15, 0.2) is 11.6 Å². The third-order valence-corrected chi connectivity index (χ3v) is 5.21. The summed E-state index contributed by atoms with van der Waals surface area (Å²) in [5, 5.41) is 3.87. The molecule has 0 bridgehead atoms. The molecule has 2 rings (SSSR count). The molecule has 2 unspecified atom stereocenters. The summed E-state index contributed by atoms with van der Waals surface area (Å²) < 4.78 is 18.4. The van der Waals surface area contributed by atoms with Gasteiger partial charge in [0.2, 0.25) is 0 Å². The van der Waals surface area contributed by atoms with E-state index in [-0.39, 0.29) is 17.2 Å². The maximum absolute atomic E-state index is 13.4. The van der Waals surface area contributed by atoms with Crippen LogP contribution in [-0.4, -0.2) is 23.9 Å². The Kier molecular flexibility index (Phi) is 5.25. The number of benzene rings is 1. The Hall–Kier alpha value is -1.10. The monoisotopic (exact) mass is 357 g/mol. The van der Waals surface area contributed by atoms with Crippen LogP contribution in [0.5, 0.6) is 5.75 Å². The fourth-order valence-electron chi connectivity index (χ4n) is 3.04. The lowest BCUT2D eigenvalue weighted by molar-refractivity contribution is 0.0869. The molecule has 1 fully saturated rings. The maximum Gasteiger partial charge on any atom is 0.251 e. The van der Waals surface area contributed by atoms with E-state index in [1.165, 1.54) is 31.7 Å². The zero-order chi connectivity index (χ0) is 15.5. The zero-order valence-corrected chi connectivity index (χ0v) is 14.0. The first-order valence-corrected chi connectivity index (χ1v) is 8.34. The van der Waals surface area contributed by atoms with Crippen molar-refractivity contribution in [1.82, 2.24) is 5.32 Å². The lowest BCUT2D eigenvalue weighted by atomic mass is 9.77. The minimum Gasteiger partial charge on any atom is -0.494 e. The van der Waals surface area contributed by atoms with Crippen LogP contribution in [0.15, 0.2) is 18.2 Å². The Balaban J connectivity index is 2.16. The molecule has 116 valence electrons. The minimum atomic E-state index is -0.462. The summed E-state index contributed by atoms with van der Waals surface area (Å²) in [4.78, 5) is 12.5. The molecular weight excluding hydrogens is 337 g/mol. The summed E-state index contributed by atoms with van der Waals surface area (Å²) in [6, 6.07) is 4.19. The standard InChI is InChI=1S/C16H21BrFNO2/c1-11-4-3-7-16(9-11,10-17)19-15(20)12-5-6-13(18)14(8-12)21-2/h5-6,8,11H,3-4,7,9-10H2,1-2H3,(H,19,20). The average Bonchev–Trinajstić information content (AvgIpc) is 2.47. The van der Waals surface area contributed by atoms with E-state index in [1.807, 2.05) is 0 Å². The summed E-state index contributed by atoms with van der Waals surface area (Å²) in [5.74, 6) is 0.0456. The lowest BCUT2D eigenvalue weighted by Gasteiger charge is -2.39. The Labute approximate surface area is 133 Å². The van der Waals surface area contributed by atoms with E-state index < -0.39 is 5.82 Å². The van der Waals surface area contributed by atoms with Crippen LogP contribution >= 0.6 is 15.9 Å². The van der Waals surface area contributed by atoms with Crippen molar-refractivity contribution in [3.05, 3.63) is 29.6 Å². The molecule has 1 amide bonds. The summed E-state index contributed by atoms with van der Waals surface area (Å²) in [6.07, 6.45) is 4.24. The highest BCUT2D eigenvalue weighted by molar-refractivity contribution is 9.09. The lowest BCUT2D eigenvalue weighted by Crippen LogP contribution is -2.52. The van der Waals surface area contributed by atoms with Crippen LogP contribution in [0.1, 0.15) is 43.0 Å². The molecule has 3 nitrogen and oxygen atoms in total. The third kappa shape index (κ3) is 3.76. The SMILES string of the molecule is COc1cc(C(=O)NC2(CBr)CCCC(C)C2)ccc1F. The summed E-state index contributed by atoms with van der Waals surface area (Å²) in [5.41, 5.74) is 0.211. The van der Waals surface area contributed by atoms with Gasteiger partial charge >= 0.3 is 0 Å². The molecule has 2 atom stereocenters. The molecule has 0 radical (unpaired) electrons. The highest BCUT2D eigenvalue weighted by Crippen LogP contribution is 2.34. The van der Waals surface area contributed by atoms with E-state index >= 15 is 0 Å². The average molecular weight is 358 g/mol. The van der Waals surface area contributed by atoms with Crippen molar-refractivity contribution < 1.29 is 13.9 Å². The van der Waals surface area contributed by atoms with Crippen molar-refractivity contribution in [3.63, 3.8) is 0 Å². The summed E-state index contributed by atoms with van der Waals surface area (Å²) >= 11 is 3.54. The van der Waals surface area contributed by atoms with Gasteiger partial charge in [-0.15, -0.1) is 0 Å². The van der Waals surface area contributed by atoms with Gasteiger partial charge in [-0.3, -0.25) is 4.79 Å². The first kappa shape index (κ1) is 16.3. The maximum atomic E-state index is 13.4. The molecule has 1 aromatic rings. The van der Waals surface area contributed by atoms with Crippen LogP contribution in [0.3, 0.4) is 0 Å². The molecule has 1 N–H and O–H groups in total. The third-order valence-electron chi connectivity index (χ3n) is 4.14. The smallest absolute Gasteiger partial charge is 0.251 e. The number of carbonyl (C=O) groups is 1. The number of carbonyl (C=O) groups excluding carboxylic acids is 1. The van der Waals surface area contributed by atoms with E-state index in [9.17, 15) is 9.18 Å². The second-order valence-corrected chi connectivity index (χ2v) is 6.48. The highest BCUT2D eigenvalue weighted by atomic mass is 79.9. The van der Waals surface area contributed by atoms with Gasteiger partial charge in [-0.25, -0.2) is 4.39 Å². The van der Waals surface area contributed by atoms with Crippen molar-refractivity contribution in [2.75, 3.05) is 12.4 Å². The van der Waals surface area contributed by atoms with Gasteiger partial charge in [-0.05, 0) is 37.0 Å². The second kappa shape index (κ2) is 6.77. The molecule has 0 aromatic heterocycles. The number of amides is 1. The van der Waals surface area contributed by atoms with Crippen molar-refractivity contribution in [3.8, 4) is 5.75 Å². The van der Waals surface area contributed by atoms with E-state index in [0.29, 0.717) is 11.5 Å². The predicted octanol–water partition coefficient (Wildman–Crippen LogP) is 3.91. The van der Waals surface area contributed by atoms with Gasteiger partial charge in [-0.1, -0.05) is 35.7 Å². The Morgan fingerprint density at radius 2 is 2.33 bits per heavy atom. The van der Waals surface area contributed by atoms with Crippen LogP contribution in [-0.2, 0) is 0 Å². The number of ether oxygens (including phenoxy) is 1. The van der Waals surface area contributed by atoms with Gasteiger partial charge in [0.25, 0.3) is 5.91 Å². The number of alkyl halides is 1. The van der Waals surface area contributed by atoms with Gasteiger partial charge < -0.3 is 10.1 Å². The molecule has 0 heterocycles. The van der Waals surface area contributed by atoms with Crippen molar-refractivity contribution in [2.45, 2.75) is 38.1 Å². The van der Waals surface area contributed by atoms with Gasteiger partial charge in [0.05, 0.1) is 12.6 Å². The quantitative estimate of drug-likeness (QED) is 0.829. The first-order chi connectivity index (χ1) is 9.99. The van der Waals surface area contributed by atoms with Crippen LogP contribution in [0.25, 0.3) is 0 Å². The Bertz CT molecular complexity index is 523. The normalized spacial score (nSPS) is 25.4. The second-order valence-electron chi connectivity index (χ2n) is 5.92. The highest BCUT2D eigenvalue weighted by Gasteiger charge is 2.35. The largest absolute Gasteiger partial charge is 0.494 e. The molecule has 0 spiro atoms. The Morgan fingerprint density at radius 3 is 2.95 bits per heavy atom. The van der Waals surface area contributed by atoms with Crippen molar-refractivity contribution >= 4 is 21.8 Å². The number of hydrogen-bond donors (Lipinski definition) is 1. The van der Waals surface area contributed by atoms with Crippen LogP contribution in [0, 0.1) is 11.7 Å². The summed E-state index contributed by atoms with van der Waals surface area (Å²) in [7, 11) is 1.39. The summed E-state index contributed by atoms with van der Waals surface area (Å²) in [6.45, 7) is 2.21. The number of hydrogen-bond acceptors (Lipinski definition) is 2. The van der Waals surface area contributed by atoms with Crippen molar-refractivity contribution in [2.24, 2.45) is 5.92 Å². The molecule has 0 saturated heterocycles. The molecule has 1 aromatic carbocycles. The number of methoxy groups -OCH3 is 1. The minimum absolute atomic E-state index is 0.0903. The molecule has 1 saturated carbocycles. The molecule has 1 aliphatic rings. The zero-order valence-electron chi connectivity index (χ0n) is 12.4. The van der Waals surface area contributed by atoms with E-state index in [2.05, 4.69) is 28.2 Å². The molecular formula is C16H21BrFNO2. The Morgan fingerprint density at radius 1 is 1.57 bits per heavy atom. The van der Waals surface area contributed by atoms with Crippen LogP contribution < -0.4 is 10.1 Å². The molecule has 5 heteroatoms. The van der Waals surface area contributed by atoms with Crippen molar-refractivity contribution in [1.29, 1.82) is 0 Å². The van der Waals surface area contributed by atoms with Gasteiger partial charge in [0.1, 0.15) is 0 Å². The van der Waals surface area contributed by atoms with E-state index in [1.54, 1.807) is 0 Å². The number of nitrogens with one attached hydrogen (secondary N) is 1.